The lowest BCUT2D eigenvalue weighted by molar-refractivity contribution is -0.146. The average molecular weight is 515 g/mol. The highest BCUT2D eigenvalue weighted by Gasteiger charge is 2.30. The molecule has 0 unspecified atom stereocenters. The van der Waals surface area contributed by atoms with E-state index in [1.165, 1.54) is 18.2 Å². The minimum atomic E-state index is -0.559. The minimum absolute atomic E-state index is 0.0112. The smallest absolute Gasteiger partial charge is 0.407 e. The second-order valence-corrected chi connectivity index (χ2v) is 9.76. The zero-order chi connectivity index (χ0) is 27.1. The number of hydrogen-bond acceptors (Lipinski definition) is 5. The first-order valence-electron chi connectivity index (χ1n) is 12.8. The van der Waals surface area contributed by atoms with Gasteiger partial charge in [-0.05, 0) is 41.2 Å². The SMILES string of the molecule is COC(=O)C[C@@H](Cc1ccccc1)C(=O)N(C)C[C@H](C)NC(=O)OCC1c2ccccc2-c2ccccc21. The van der Waals surface area contributed by atoms with Crippen molar-refractivity contribution < 1.29 is 23.9 Å². The molecule has 1 N–H and O–H groups in total. The van der Waals surface area contributed by atoms with Crippen molar-refractivity contribution in [1.82, 2.24) is 10.2 Å². The van der Waals surface area contributed by atoms with E-state index in [-0.39, 0.29) is 37.4 Å². The third-order valence-corrected chi connectivity index (χ3v) is 6.95. The Bertz CT molecular complexity index is 1230. The van der Waals surface area contributed by atoms with Gasteiger partial charge in [0.1, 0.15) is 6.61 Å². The summed E-state index contributed by atoms with van der Waals surface area (Å²) >= 11 is 0. The number of nitrogens with zero attached hydrogens (tertiary/aromatic N) is 1. The van der Waals surface area contributed by atoms with Crippen LogP contribution in [0.3, 0.4) is 0 Å². The van der Waals surface area contributed by atoms with Crippen LogP contribution in [0.1, 0.15) is 36.0 Å². The highest BCUT2D eigenvalue weighted by atomic mass is 16.5. The highest BCUT2D eigenvalue weighted by molar-refractivity contribution is 5.84. The van der Waals surface area contributed by atoms with Crippen LogP contribution in [-0.4, -0.2) is 56.2 Å². The first-order valence-corrected chi connectivity index (χ1v) is 12.8. The van der Waals surface area contributed by atoms with E-state index in [9.17, 15) is 14.4 Å². The molecule has 0 saturated heterocycles. The molecule has 0 saturated carbocycles. The second kappa shape index (κ2) is 12.4. The fraction of sp³-hybridized carbons (Fsp3) is 0.323. The molecule has 2 amide bonds. The van der Waals surface area contributed by atoms with E-state index in [2.05, 4.69) is 29.6 Å². The molecular formula is C31H34N2O5. The van der Waals surface area contributed by atoms with Gasteiger partial charge in [-0.2, -0.15) is 0 Å². The van der Waals surface area contributed by atoms with Crippen LogP contribution in [0.15, 0.2) is 78.9 Å². The van der Waals surface area contributed by atoms with Crippen LogP contribution in [0.2, 0.25) is 0 Å². The lowest BCUT2D eigenvalue weighted by atomic mass is 9.94. The van der Waals surface area contributed by atoms with Crippen molar-refractivity contribution in [3.63, 3.8) is 0 Å². The van der Waals surface area contributed by atoms with Crippen LogP contribution in [0.4, 0.5) is 4.79 Å². The molecule has 0 spiro atoms. The maximum atomic E-state index is 13.2. The Kier molecular flexibility index (Phi) is 8.79. The van der Waals surface area contributed by atoms with Crippen molar-refractivity contribution in [2.24, 2.45) is 5.92 Å². The number of likely N-dealkylation sites (N-methyl/N-ethyl adjacent to an activating group) is 1. The van der Waals surface area contributed by atoms with Crippen LogP contribution in [0.25, 0.3) is 11.1 Å². The number of carbonyl (C=O) groups is 3. The normalized spacial score (nSPS) is 13.6. The van der Waals surface area contributed by atoms with Gasteiger partial charge in [0.05, 0.1) is 19.4 Å². The van der Waals surface area contributed by atoms with E-state index in [4.69, 9.17) is 9.47 Å². The predicted octanol–water partition coefficient (Wildman–Crippen LogP) is 4.79. The lowest BCUT2D eigenvalue weighted by Gasteiger charge is -2.26. The topological polar surface area (TPSA) is 84.9 Å². The number of hydrogen-bond donors (Lipinski definition) is 1. The summed E-state index contributed by atoms with van der Waals surface area (Å²) in [6.07, 6.45) is -0.119. The maximum absolute atomic E-state index is 13.2. The Morgan fingerprint density at radius 3 is 2.08 bits per heavy atom. The predicted molar refractivity (Wildman–Crippen MR) is 146 cm³/mol. The Labute approximate surface area is 223 Å². The summed E-state index contributed by atoms with van der Waals surface area (Å²) in [4.78, 5) is 39.4. The number of esters is 1. The van der Waals surface area contributed by atoms with E-state index in [1.807, 2.05) is 61.5 Å². The summed E-state index contributed by atoms with van der Waals surface area (Å²) in [5.74, 6) is -1.20. The van der Waals surface area contributed by atoms with Crippen molar-refractivity contribution in [2.45, 2.75) is 31.7 Å². The lowest BCUT2D eigenvalue weighted by Crippen LogP contribution is -2.45. The third-order valence-electron chi connectivity index (χ3n) is 6.95. The second-order valence-electron chi connectivity index (χ2n) is 9.76. The number of ether oxygens (including phenoxy) is 2. The summed E-state index contributed by atoms with van der Waals surface area (Å²) in [6.45, 7) is 2.31. The van der Waals surface area contributed by atoms with Crippen molar-refractivity contribution in [2.75, 3.05) is 27.3 Å². The van der Waals surface area contributed by atoms with Gasteiger partial charge in [-0.25, -0.2) is 4.79 Å². The fourth-order valence-corrected chi connectivity index (χ4v) is 5.13. The van der Waals surface area contributed by atoms with Gasteiger partial charge in [-0.1, -0.05) is 78.9 Å². The van der Waals surface area contributed by atoms with Crippen LogP contribution in [-0.2, 0) is 25.5 Å². The zero-order valence-corrected chi connectivity index (χ0v) is 22.1. The van der Waals surface area contributed by atoms with Gasteiger partial charge in [0.15, 0.2) is 0 Å². The van der Waals surface area contributed by atoms with Crippen LogP contribution in [0, 0.1) is 5.92 Å². The Hall–Kier alpha value is -4.13. The summed E-state index contributed by atoms with van der Waals surface area (Å²) in [6, 6.07) is 25.6. The zero-order valence-electron chi connectivity index (χ0n) is 22.1. The Morgan fingerprint density at radius 2 is 1.47 bits per heavy atom. The molecule has 7 nitrogen and oxygen atoms in total. The quantitative estimate of drug-likeness (QED) is 0.393. The fourth-order valence-electron chi connectivity index (χ4n) is 5.13. The van der Waals surface area contributed by atoms with Crippen LogP contribution < -0.4 is 5.32 Å². The van der Waals surface area contributed by atoms with Gasteiger partial charge in [0, 0.05) is 25.6 Å². The summed E-state index contributed by atoms with van der Waals surface area (Å²) in [7, 11) is 2.99. The number of benzene rings is 3. The van der Waals surface area contributed by atoms with Crippen LogP contribution in [0.5, 0.6) is 0 Å². The number of nitrogens with one attached hydrogen (secondary N) is 1. The molecule has 3 aromatic carbocycles. The van der Waals surface area contributed by atoms with E-state index in [0.717, 1.165) is 16.7 Å². The van der Waals surface area contributed by atoms with Crippen molar-refractivity contribution >= 4 is 18.0 Å². The number of alkyl carbamates (subject to hydrolysis) is 1. The van der Waals surface area contributed by atoms with Crippen molar-refractivity contribution in [3.05, 3.63) is 95.6 Å². The van der Waals surface area contributed by atoms with E-state index >= 15 is 0 Å². The summed E-state index contributed by atoms with van der Waals surface area (Å²) in [5.41, 5.74) is 5.60. The molecule has 0 bridgehead atoms. The number of rotatable bonds is 10. The molecular weight excluding hydrogens is 480 g/mol. The maximum Gasteiger partial charge on any atom is 0.407 e. The molecule has 2 atom stereocenters. The van der Waals surface area contributed by atoms with Gasteiger partial charge in [-0.15, -0.1) is 0 Å². The number of amides is 2. The Balaban J connectivity index is 1.32. The summed E-state index contributed by atoms with van der Waals surface area (Å²) < 4.78 is 10.4. The molecule has 198 valence electrons. The number of methoxy groups -OCH3 is 1. The molecule has 4 rings (SSSR count). The van der Waals surface area contributed by atoms with Gasteiger partial charge in [-0.3, -0.25) is 9.59 Å². The standard InChI is InChI=1S/C31H34N2O5/c1-21(19-33(2)30(35)23(18-29(34)37-3)17-22-11-5-4-6-12-22)32-31(36)38-20-28-26-15-9-7-13-24(26)25-14-8-10-16-27(25)28/h4-16,21,23,28H,17-20H2,1-3H3,(H,32,36)/t21-,23+/m0/s1. The molecule has 0 heterocycles. The van der Waals surface area contributed by atoms with Crippen LogP contribution >= 0.6 is 0 Å². The first kappa shape index (κ1) is 26.9. The van der Waals surface area contributed by atoms with Crippen molar-refractivity contribution in [1.29, 1.82) is 0 Å². The molecule has 0 radical (unpaired) electrons. The molecule has 3 aromatic rings. The molecule has 38 heavy (non-hydrogen) atoms. The Morgan fingerprint density at radius 1 is 0.895 bits per heavy atom. The molecule has 0 aromatic heterocycles. The average Bonchev–Trinajstić information content (AvgIpc) is 3.25. The first-order chi connectivity index (χ1) is 18.4. The minimum Gasteiger partial charge on any atom is -0.469 e. The van der Waals surface area contributed by atoms with E-state index in [0.29, 0.717) is 6.42 Å². The van der Waals surface area contributed by atoms with Gasteiger partial charge < -0.3 is 19.7 Å². The van der Waals surface area contributed by atoms with Gasteiger partial charge in [0.25, 0.3) is 0 Å². The van der Waals surface area contributed by atoms with Gasteiger partial charge in [0.2, 0.25) is 5.91 Å². The molecule has 1 aliphatic carbocycles. The van der Waals surface area contributed by atoms with E-state index < -0.39 is 18.0 Å². The number of fused-ring (bicyclic) bond motifs is 3. The summed E-state index contributed by atoms with van der Waals surface area (Å²) in [5, 5.41) is 2.83. The molecule has 0 fully saturated rings. The monoisotopic (exact) mass is 514 g/mol. The largest absolute Gasteiger partial charge is 0.469 e. The number of carbonyl (C=O) groups excluding carboxylic acids is 3. The molecule has 1 aliphatic rings. The highest BCUT2D eigenvalue weighted by Crippen LogP contribution is 2.44. The molecule has 0 aliphatic heterocycles. The van der Waals surface area contributed by atoms with E-state index in [1.54, 1.807) is 11.9 Å². The molecule has 7 heteroatoms. The van der Waals surface area contributed by atoms with Crippen molar-refractivity contribution in [3.8, 4) is 11.1 Å². The van der Waals surface area contributed by atoms with Gasteiger partial charge >= 0.3 is 12.1 Å². The third kappa shape index (κ3) is 6.40.